The smallest absolute Gasteiger partial charge is 0.0166 e. The first kappa shape index (κ1) is 12.1. The average Bonchev–Trinajstić information content (AvgIpc) is 2.81. The quantitative estimate of drug-likeness (QED) is 0.719. The van der Waals surface area contributed by atoms with Gasteiger partial charge < -0.3 is 10.2 Å². The van der Waals surface area contributed by atoms with Gasteiger partial charge in [0.1, 0.15) is 0 Å². The molecule has 16 heavy (non-hydrogen) atoms. The van der Waals surface area contributed by atoms with E-state index in [9.17, 15) is 0 Å². The molecule has 0 aromatic rings. The van der Waals surface area contributed by atoms with Crippen molar-refractivity contribution in [1.29, 1.82) is 0 Å². The summed E-state index contributed by atoms with van der Waals surface area (Å²) in [6, 6.07) is 0.656. The molecule has 1 aliphatic carbocycles. The van der Waals surface area contributed by atoms with Gasteiger partial charge in [-0.05, 0) is 64.6 Å². The molecule has 0 radical (unpaired) electrons. The fourth-order valence-corrected chi connectivity index (χ4v) is 2.83. The van der Waals surface area contributed by atoms with Gasteiger partial charge in [0.05, 0.1) is 0 Å². The van der Waals surface area contributed by atoms with Crippen LogP contribution in [0.2, 0.25) is 0 Å². The van der Waals surface area contributed by atoms with Crippen LogP contribution < -0.4 is 5.32 Å². The van der Waals surface area contributed by atoms with Crippen molar-refractivity contribution in [2.45, 2.75) is 45.1 Å². The Bertz CT molecular complexity index is 219. The van der Waals surface area contributed by atoms with Gasteiger partial charge in [-0.3, -0.25) is 0 Å². The van der Waals surface area contributed by atoms with Crippen molar-refractivity contribution in [3.05, 3.63) is 12.2 Å². The maximum atomic E-state index is 3.70. The van der Waals surface area contributed by atoms with E-state index in [2.05, 4.69) is 29.3 Å². The molecular formula is C14H26N2. The van der Waals surface area contributed by atoms with Crippen LogP contribution in [0.3, 0.4) is 0 Å². The summed E-state index contributed by atoms with van der Waals surface area (Å²) in [4.78, 5) is 2.60. The molecule has 2 unspecified atom stereocenters. The first-order valence-corrected chi connectivity index (χ1v) is 6.95. The van der Waals surface area contributed by atoms with E-state index in [0.717, 1.165) is 5.92 Å². The fourth-order valence-electron chi connectivity index (χ4n) is 2.83. The Balaban J connectivity index is 1.59. The van der Waals surface area contributed by atoms with Crippen LogP contribution in [0.5, 0.6) is 0 Å². The largest absolute Gasteiger partial charge is 0.313 e. The molecule has 1 aliphatic heterocycles. The minimum atomic E-state index is 0.656. The van der Waals surface area contributed by atoms with Gasteiger partial charge in [-0.1, -0.05) is 12.2 Å². The average molecular weight is 222 g/mol. The van der Waals surface area contributed by atoms with E-state index in [-0.39, 0.29) is 0 Å². The highest BCUT2D eigenvalue weighted by molar-refractivity contribution is 4.90. The summed E-state index contributed by atoms with van der Waals surface area (Å²) in [6.45, 7) is 7.41. The molecule has 0 saturated carbocycles. The first-order chi connectivity index (χ1) is 7.84. The van der Waals surface area contributed by atoms with E-state index < -0.39 is 0 Å². The minimum absolute atomic E-state index is 0.656. The molecule has 0 bridgehead atoms. The van der Waals surface area contributed by atoms with E-state index in [0.29, 0.717) is 6.04 Å². The Kier molecular flexibility index (Phi) is 4.86. The molecule has 1 fully saturated rings. The highest BCUT2D eigenvalue weighted by Crippen LogP contribution is 2.17. The number of likely N-dealkylation sites (tertiary alicyclic amines) is 1. The van der Waals surface area contributed by atoms with Crippen molar-refractivity contribution in [2.75, 3.05) is 26.2 Å². The van der Waals surface area contributed by atoms with Crippen LogP contribution in [0.15, 0.2) is 12.2 Å². The second-order valence-corrected chi connectivity index (χ2v) is 5.47. The number of rotatable bonds is 5. The summed E-state index contributed by atoms with van der Waals surface area (Å²) in [5, 5.41) is 3.70. The molecule has 2 aliphatic rings. The second-order valence-electron chi connectivity index (χ2n) is 5.47. The van der Waals surface area contributed by atoms with E-state index in [1.54, 1.807) is 0 Å². The third-order valence-electron chi connectivity index (χ3n) is 3.86. The molecule has 2 nitrogen and oxygen atoms in total. The maximum Gasteiger partial charge on any atom is 0.0166 e. The van der Waals surface area contributed by atoms with Crippen LogP contribution in [0, 0.1) is 5.92 Å². The molecule has 92 valence electrons. The van der Waals surface area contributed by atoms with Crippen molar-refractivity contribution >= 4 is 0 Å². The maximum absolute atomic E-state index is 3.70. The van der Waals surface area contributed by atoms with Crippen LogP contribution in [0.1, 0.15) is 39.0 Å². The molecule has 2 heteroatoms. The molecule has 1 saturated heterocycles. The lowest BCUT2D eigenvalue weighted by Gasteiger charge is -2.24. The van der Waals surface area contributed by atoms with Crippen molar-refractivity contribution in [1.82, 2.24) is 10.2 Å². The van der Waals surface area contributed by atoms with Gasteiger partial charge in [-0.15, -0.1) is 0 Å². The van der Waals surface area contributed by atoms with Crippen LogP contribution >= 0.6 is 0 Å². The molecule has 0 spiro atoms. The summed E-state index contributed by atoms with van der Waals surface area (Å²) in [5.41, 5.74) is 0. The summed E-state index contributed by atoms with van der Waals surface area (Å²) < 4.78 is 0. The second kappa shape index (κ2) is 6.41. The predicted molar refractivity (Wildman–Crippen MR) is 69.6 cm³/mol. The zero-order chi connectivity index (χ0) is 11.2. The molecular weight excluding hydrogens is 196 g/mol. The monoisotopic (exact) mass is 222 g/mol. The number of nitrogens with one attached hydrogen (secondary N) is 1. The van der Waals surface area contributed by atoms with E-state index >= 15 is 0 Å². The van der Waals surface area contributed by atoms with Gasteiger partial charge >= 0.3 is 0 Å². The molecule has 1 N–H and O–H groups in total. The van der Waals surface area contributed by atoms with Crippen molar-refractivity contribution in [3.8, 4) is 0 Å². The summed E-state index contributed by atoms with van der Waals surface area (Å²) >= 11 is 0. The summed E-state index contributed by atoms with van der Waals surface area (Å²) in [7, 11) is 0. The highest BCUT2D eigenvalue weighted by Gasteiger charge is 2.15. The summed E-state index contributed by atoms with van der Waals surface area (Å²) in [5.74, 6) is 0.881. The van der Waals surface area contributed by atoms with Crippen LogP contribution in [-0.4, -0.2) is 37.1 Å². The Morgan fingerprint density at radius 1 is 1.31 bits per heavy atom. The first-order valence-electron chi connectivity index (χ1n) is 6.95. The SMILES string of the molecule is CC(CN1CCCC1)NCC1CC=CCC1. The van der Waals surface area contributed by atoms with E-state index in [4.69, 9.17) is 0 Å². The number of hydrogen-bond donors (Lipinski definition) is 1. The lowest BCUT2D eigenvalue weighted by molar-refractivity contribution is 0.288. The number of allylic oxidation sites excluding steroid dienone is 2. The van der Waals surface area contributed by atoms with Gasteiger partial charge in [0.25, 0.3) is 0 Å². The third-order valence-corrected chi connectivity index (χ3v) is 3.86. The van der Waals surface area contributed by atoms with Crippen LogP contribution in [0.25, 0.3) is 0 Å². The lowest BCUT2D eigenvalue weighted by atomic mass is 9.94. The Morgan fingerprint density at radius 3 is 2.81 bits per heavy atom. The molecule has 0 amide bonds. The van der Waals surface area contributed by atoms with E-state index in [1.807, 2.05) is 0 Å². The standard InChI is InChI=1S/C14H26N2/c1-13(12-16-9-5-6-10-16)15-11-14-7-3-2-4-8-14/h2-3,13-15H,4-12H2,1H3. The zero-order valence-corrected chi connectivity index (χ0v) is 10.6. The van der Waals surface area contributed by atoms with E-state index in [1.165, 1.54) is 58.3 Å². The zero-order valence-electron chi connectivity index (χ0n) is 10.6. The van der Waals surface area contributed by atoms with Crippen LogP contribution in [-0.2, 0) is 0 Å². The van der Waals surface area contributed by atoms with Gasteiger partial charge in [-0.2, -0.15) is 0 Å². The number of nitrogens with zero attached hydrogens (tertiary/aromatic N) is 1. The molecule has 0 aromatic heterocycles. The highest BCUT2D eigenvalue weighted by atomic mass is 15.2. The predicted octanol–water partition coefficient (Wildman–Crippen LogP) is 2.42. The normalized spacial score (nSPS) is 28.4. The molecule has 2 rings (SSSR count). The Labute approximate surface area is 100 Å². The summed E-state index contributed by atoms with van der Waals surface area (Å²) in [6.07, 6.45) is 11.4. The lowest BCUT2D eigenvalue weighted by Crippen LogP contribution is -2.40. The third kappa shape index (κ3) is 3.91. The fraction of sp³-hybridized carbons (Fsp3) is 0.857. The van der Waals surface area contributed by atoms with Crippen LogP contribution in [0.4, 0.5) is 0 Å². The van der Waals surface area contributed by atoms with Crippen molar-refractivity contribution < 1.29 is 0 Å². The molecule has 2 atom stereocenters. The Hall–Kier alpha value is -0.340. The minimum Gasteiger partial charge on any atom is -0.313 e. The molecule has 1 heterocycles. The van der Waals surface area contributed by atoms with Gasteiger partial charge in [0.2, 0.25) is 0 Å². The topological polar surface area (TPSA) is 15.3 Å². The Morgan fingerprint density at radius 2 is 2.12 bits per heavy atom. The van der Waals surface area contributed by atoms with Crippen molar-refractivity contribution in [2.24, 2.45) is 5.92 Å². The van der Waals surface area contributed by atoms with Crippen molar-refractivity contribution in [3.63, 3.8) is 0 Å². The molecule has 0 aromatic carbocycles. The van der Waals surface area contributed by atoms with Gasteiger partial charge in [0, 0.05) is 12.6 Å². The van der Waals surface area contributed by atoms with Gasteiger partial charge in [0.15, 0.2) is 0 Å². The number of hydrogen-bond acceptors (Lipinski definition) is 2. The van der Waals surface area contributed by atoms with Gasteiger partial charge in [-0.25, -0.2) is 0 Å².